The summed E-state index contributed by atoms with van der Waals surface area (Å²) in [5.74, 6) is -0.581. The molecule has 1 heterocycles. The summed E-state index contributed by atoms with van der Waals surface area (Å²) < 4.78 is 22.8. The van der Waals surface area contributed by atoms with Crippen LogP contribution in [0.5, 0.6) is 0 Å². The van der Waals surface area contributed by atoms with Crippen molar-refractivity contribution >= 4 is 50.9 Å². The predicted octanol–water partition coefficient (Wildman–Crippen LogP) is 2.11. The first-order chi connectivity index (χ1) is 12.7. The van der Waals surface area contributed by atoms with Crippen LogP contribution in [0.15, 0.2) is 52.3 Å². The van der Waals surface area contributed by atoms with E-state index in [1.165, 1.54) is 23.9 Å². The molecule has 0 radical (unpaired) electrons. The van der Waals surface area contributed by atoms with Crippen molar-refractivity contribution in [1.82, 2.24) is 5.32 Å². The van der Waals surface area contributed by atoms with Gasteiger partial charge in [-0.3, -0.25) is 9.59 Å². The minimum absolute atomic E-state index is 0.00650. The Morgan fingerprint density at radius 3 is 2.78 bits per heavy atom. The number of amides is 2. The molecule has 27 heavy (non-hydrogen) atoms. The minimum atomic E-state index is -3.80. The summed E-state index contributed by atoms with van der Waals surface area (Å²) in [6.07, 6.45) is -0.00650. The fraction of sp³-hybridized carbons (Fsp3) is 0.176. The van der Waals surface area contributed by atoms with E-state index in [9.17, 15) is 18.0 Å². The number of anilines is 1. The number of benzene rings is 2. The Morgan fingerprint density at radius 2 is 2.04 bits per heavy atom. The molecule has 0 bridgehead atoms. The molecular weight excluding hydrogens is 410 g/mol. The van der Waals surface area contributed by atoms with E-state index in [-0.39, 0.29) is 29.7 Å². The summed E-state index contributed by atoms with van der Waals surface area (Å²) in [6.45, 7) is 0.132. The van der Waals surface area contributed by atoms with E-state index >= 15 is 0 Å². The van der Waals surface area contributed by atoms with Gasteiger partial charge in [0.05, 0.1) is 15.8 Å². The summed E-state index contributed by atoms with van der Waals surface area (Å²) in [7, 11) is -3.80. The number of fused-ring (bicyclic) bond motifs is 1. The molecule has 142 valence electrons. The molecule has 2 amide bonds. The van der Waals surface area contributed by atoms with E-state index in [1.807, 2.05) is 0 Å². The summed E-state index contributed by atoms with van der Waals surface area (Å²) in [4.78, 5) is 25.2. The highest BCUT2D eigenvalue weighted by Gasteiger charge is 2.29. The number of hydrogen-bond donors (Lipinski definition) is 3. The molecule has 0 saturated carbocycles. The number of nitrogens with one attached hydrogen (secondary N) is 2. The van der Waals surface area contributed by atoms with Crippen molar-refractivity contribution in [3.8, 4) is 0 Å². The smallest absolute Gasteiger partial charge is 0.238 e. The van der Waals surface area contributed by atoms with Crippen LogP contribution in [0.2, 0.25) is 5.02 Å². The van der Waals surface area contributed by atoms with Gasteiger partial charge >= 0.3 is 0 Å². The molecule has 10 heteroatoms. The van der Waals surface area contributed by atoms with E-state index in [0.29, 0.717) is 16.3 Å². The first-order valence-electron chi connectivity index (χ1n) is 7.88. The number of carbonyl (C=O) groups is 2. The Morgan fingerprint density at radius 1 is 1.26 bits per heavy atom. The van der Waals surface area contributed by atoms with Gasteiger partial charge in [-0.25, -0.2) is 13.6 Å². The number of thioether (sulfide) groups is 1. The molecule has 0 spiro atoms. The molecule has 1 atom stereocenters. The Bertz CT molecular complexity index is 1010. The average molecular weight is 426 g/mol. The molecule has 1 aliphatic heterocycles. The van der Waals surface area contributed by atoms with Crippen molar-refractivity contribution in [3.05, 3.63) is 53.1 Å². The molecule has 7 nitrogen and oxygen atoms in total. The Hall–Kier alpha value is -2.07. The maximum absolute atomic E-state index is 12.2. The number of carbonyl (C=O) groups excluding carboxylic acids is 2. The number of rotatable bonds is 5. The molecule has 0 aliphatic carbocycles. The quantitative estimate of drug-likeness (QED) is 0.677. The number of primary sulfonamides is 1. The Kier molecular flexibility index (Phi) is 5.75. The van der Waals surface area contributed by atoms with Crippen LogP contribution in [-0.4, -0.2) is 25.5 Å². The van der Waals surface area contributed by atoms with Crippen molar-refractivity contribution in [3.63, 3.8) is 0 Å². The van der Waals surface area contributed by atoms with Crippen LogP contribution in [0, 0.1) is 0 Å². The molecule has 0 fully saturated rings. The zero-order valence-corrected chi connectivity index (χ0v) is 16.3. The Labute approximate surface area is 165 Å². The molecule has 2 aromatic rings. The van der Waals surface area contributed by atoms with E-state index in [2.05, 4.69) is 10.6 Å². The van der Waals surface area contributed by atoms with Gasteiger partial charge in [-0.2, -0.15) is 0 Å². The third-order valence-corrected chi connectivity index (χ3v) is 6.27. The molecule has 4 N–H and O–H groups in total. The highest BCUT2D eigenvalue weighted by atomic mass is 35.5. The lowest BCUT2D eigenvalue weighted by atomic mass is 10.2. The second kappa shape index (κ2) is 7.89. The zero-order valence-electron chi connectivity index (χ0n) is 13.9. The van der Waals surface area contributed by atoms with Crippen molar-refractivity contribution in [2.75, 3.05) is 5.32 Å². The van der Waals surface area contributed by atoms with Gasteiger partial charge in [0, 0.05) is 22.9 Å². The van der Waals surface area contributed by atoms with Crippen molar-refractivity contribution in [1.29, 1.82) is 0 Å². The monoisotopic (exact) mass is 425 g/mol. The van der Waals surface area contributed by atoms with Gasteiger partial charge in [0.15, 0.2) is 0 Å². The van der Waals surface area contributed by atoms with Gasteiger partial charge in [0.25, 0.3) is 0 Å². The fourth-order valence-electron chi connectivity index (χ4n) is 2.53. The summed E-state index contributed by atoms with van der Waals surface area (Å²) in [6, 6.07) is 11.2. The van der Waals surface area contributed by atoms with Gasteiger partial charge in [0.2, 0.25) is 21.8 Å². The molecule has 1 unspecified atom stereocenters. The van der Waals surface area contributed by atoms with E-state index in [1.54, 1.807) is 30.3 Å². The third kappa shape index (κ3) is 5.01. The molecular formula is C17H16ClN3O4S2. The topological polar surface area (TPSA) is 118 Å². The van der Waals surface area contributed by atoms with Gasteiger partial charge < -0.3 is 10.6 Å². The maximum atomic E-state index is 12.2. The molecule has 0 aromatic heterocycles. The van der Waals surface area contributed by atoms with Gasteiger partial charge in [-0.05, 0) is 35.9 Å². The third-order valence-electron chi connectivity index (χ3n) is 3.85. The van der Waals surface area contributed by atoms with Crippen LogP contribution in [0.1, 0.15) is 12.0 Å². The van der Waals surface area contributed by atoms with Crippen LogP contribution in [0.3, 0.4) is 0 Å². The van der Waals surface area contributed by atoms with Crippen LogP contribution in [0.25, 0.3) is 0 Å². The second-order valence-corrected chi connectivity index (χ2v) is 9.15. The highest BCUT2D eigenvalue weighted by molar-refractivity contribution is 8.01. The normalized spacial score (nSPS) is 16.4. The van der Waals surface area contributed by atoms with E-state index in [0.717, 1.165) is 4.90 Å². The summed E-state index contributed by atoms with van der Waals surface area (Å²) >= 11 is 7.22. The van der Waals surface area contributed by atoms with E-state index < -0.39 is 15.3 Å². The first kappa shape index (κ1) is 19.7. The molecule has 1 aliphatic rings. The minimum Gasteiger partial charge on any atom is -0.352 e. The van der Waals surface area contributed by atoms with Crippen LogP contribution < -0.4 is 15.8 Å². The molecule has 3 rings (SSSR count). The van der Waals surface area contributed by atoms with Crippen LogP contribution in [0.4, 0.5) is 5.69 Å². The van der Waals surface area contributed by atoms with Gasteiger partial charge in [0.1, 0.15) is 0 Å². The van der Waals surface area contributed by atoms with Crippen LogP contribution >= 0.6 is 23.4 Å². The number of hydrogen-bond acceptors (Lipinski definition) is 5. The lowest BCUT2D eigenvalue weighted by Crippen LogP contribution is -2.34. The zero-order chi connectivity index (χ0) is 19.6. The predicted molar refractivity (Wildman–Crippen MR) is 104 cm³/mol. The average Bonchev–Trinajstić information content (AvgIpc) is 2.60. The summed E-state index contributed by atoms with van der Waals surface area (Å²) in [5.41, 5.74) is 1.23. The fourth-order valence-corrected chi connectivity index (χ4v) is 4.38. The SMILES string of the molecule is NS(=O)(=O)c1cccc(CNC(=O)CC2Sc3ccc(Cl)cc3NC2=O)c1. The summed E-state index contributed by atoms with van der Waals surface area (Å²) in [5, 5.41) is 10.5. The van der Waals surface area contributed by atoms with Crippen molar-refractivity contribution in [2.24, 2.45) is 5.14 Å². The lowest BCUT2D eigenvalue weighted by Gasteiger charge is -2.23. The number of halogens is 1. The number of nitrogens with two attached hydrogens (primary N) is 1. The molecule has 0 saturated heterocycles. The maximum Gasteiger partial charge on any atom is 0.238 e. The second-order valence-electron chi connectivity index (χ2n) is 5.91. The van der Waals surface area contributed by atoms with E-state index in [4.69, 9.17) is 16.7 Å². The van der Waals surface area contributed by atoms with Gasteiger partial charge in [-0.1, -0.05) is 23.7 Å². The number of sulfonamides is 1. The first-order valence-corrected chi connectivity index (χ1v) is 10.7. The lowest BCUT2D eigenvalue weighted by molar-refractivity contribution is -0.124. The van der Waals surface area contributed by atoms with Crippen molar-refractivity contribution in [2.45, 2.75) is 28.0 Å². The van der Waals surface area contributed by atoms with Crippen molar-refractivity contribution < 1.29 is 18.0 Å². The Balaban J connectivity index is 1.60. The highest BCUT2D eigenvalue weighted by Crippen LogP contribution is 2.38. The standard InChI is InChI=1S/C17H16ClN3O4S2/c18-11-4-5-14-13(7-11)21-17(23)15(26-14)8-16(22)20-9-10-2-1-3-12(6-10)27(19,24)25/h1-7,15H,8-9H2,(H,20,22)(H,21,23)(H2,19,24,25). The largest absolute Gasteiger partial charge is 0.352 e. The van der Waals surface area contributed by atoms with Gasteiger partial charge in [-0.15, -0.1) is 11.8 Å². The molecule has 2 aromatic carbocycles. The van der Waals surface area contributed by atoms with Crippen LogP contribution in [-0.2, 0) is 26.2 Å².